The van der Waals surface area contributed by atoms with Gasteiger partial charge in [0, 0.05) is 19.3 Å². The van der Waals surface area contributed by atoms with Crippen LogP contribution < -0.4 is 0 Å². The molecule has 0 saturated carbocycles. The van der Waals surface area contributed by atoms with Crippen LogP contribution in [0.25, 0.3) is 0 Å². The minimum atomic E-state index is -0.963. The first-order chi connectivity index (χ1) is 10.5. The third-order valence-corrected chi connectivity index (χ3v) is 3.79. The lowest BCUT2D eigenvalue weighted by molar-refractivity contribution is 0.0696. The summed E-state index contributed by atoms with van der Waals surface area (Å²) in [5.41, 5.74) is 3.22. The summed E-state index contributed by atoms with van der Waals surface area (Å²) < 4.78 is 0. The lowest BCUT2D eigenvalue weighted by Crippen LogP contribution is -2.26. The van der Waals surface area contributed by atoms with E-state index in [1.165, 1.54) is 0 Å². The van der Waals surface area contributed by atoms with E-state index in [1.54, 1.807) is 43.1 Å². The number of carbonyl (C=O) groups is 2. The molecule has 2 aromatic rings. The van der Waals surface area contributed by atoms with Crippen molar-refractivity contribution in [1.82, 2.24) is 14.9 Å². The van der Waals surface area contributed by atoms with E-state index < -0.39 is 5.97 Å². The van der Waals surface area contributed by atoms with Gasteiger partial charge in [-0.15, -0.1) is 0 Å². The molecule has 1 aliphatic rings. The molecule has 1 amide bonds. The van der Waals surface area contributed by atoms with Gasteiger partial charge in [-0.1, -0.05) is 6.07 Å². The lowest BCUT2D eigenvalue weighted by Gasteiger charge is -2.16. The number of benzene rings is 1. The van der Waals surface area contributed by atoms with E-state index in [-0.39, 0.29) is 11.5 Å². The summed E-state index contributed by atoms with van der Waals surface area (Å²) in [6.45, 7) is 4.44. The van der Waals surface area contributed by atoms with Crippen molar-refractivity contribution in [1.29, 1.82) is 0 Å². The molecule has 0 fully saturated rings. The van der Waals surface area contributed by atoms with Crippen molar-refractivity contribution in [2.75, 3.05) is 0 Å². The van der Waals surface area contributed by atoms with Crippen LogP contribution in [0.4, 0.5) is 0 Å². The molecule has 0 spiro atoms. The predicted octanol–water partition coefficient (Wildman–Crippen LogP) is 1.95. The van der Waals surface area contributed by atoms with Gasteiger partial charge in [0.25, 0.3) is 5.91 Å². The van der Waals surface area contributed by atoms with Gasteiger partial charge in [0.15, 0.2) is 0 Å². The fourth-order valence-corrected chi connectivity index (χ4v) is 2.63. The largest absolute Gasteiger partial charge is 0.478 e. The fourth-order valence-electron chi connectivity index (χ4n) is 2.63. The molecule has 6 heteroatoms. The number of rotatable bonds is 2. The minimum absolute atomic E-state index is 0.134. The Morgan fingerprint density at radius 1 is 1.18 bits per heavy atom. The van der Waals surface area contributed by atoms with E-state index in [9.17, 15) is 9.59 Å². The zero-order valence-electron chi connectivity index (χ0n) is 12.3. The molecule has 2 heterocycles. The van der Waals surface area contributed by atoms with Crippen molar-refractivity contribution in [3.05, 3.63) is 58.2 Å². The van der Waals surface area contributed by atoms with Gasteiger partial charge in [-0.2, -0.15) is 0 Å². The fraction of sp³-hybridized carbons (Fsp3) is 0.250. The number of aromatic carboxylic acids is 1. The summed E-state index contributed by atoms with van der Waals surface area (Å²) in [5.74, 6) is -0.467. The number of hydrogen-bond acceptors (Lipinski definition) is 4. The molecule has 0 atom stereocenters. The second-order valence-corrected chi connectivity index (χ2v) is 5.37. The van der Waals surface area contributed by atoms with Gasteiger partial charge in [0.2, 0.25) is 0 Å². The Labute approximate surface area is 127 Å². The Morgan fingerprint density at radius 3 is 2.59 bits per heavy atom. The maximum atomic E-state index is 12.6. The van der Waals surface area contributed by atoms with E-state index in [4.69, 9.17) is 5.11 Å². The Balaban J connectivity index is 1.86. The molecule has 1 aromatic heterocycles. The zero-order chi connectivity index (χ0) is 15.9. The second-order valence-electron chi connectivity index (χ2n) is 5.37. The topological polar surface area (TPSA) is 83.4 Å². The maximum Gasteiger partial charge on any atom is 0.335 e. The number of carboxylic acids is 1. The Hall–Kier alpha value is -2.76. The maximum absolute atomic E-state index is 12.6. The van der Waals surface area contributed by atoms with E-state index in [0.29, 0.717) is 30.2 Å². The first-order valence-corrected chi connectivity index (χ1v) is 6.90. The second kappa shape index (κ2) is 5.22. The van der Waals surface area contributed by atoms with E-state index in [2.05, 4.69) is 9.97 Å². The third kappa shape index (κ3) is 2.43. The van der Waals surface area contributed by atoms with Gasteiger partial charge < -0.3 is 10.0 Å². The van der Waals surface area contributed by atoms with Crippen molar-refractivity contribution < 1.29 is 14.7 Å². The van der Waals surface area contributed by atoms with Crippen molar-refractivity contribution in [2.45, 2.75) is 26.9 Å². The highest BCUT2D eigenvalue weighted by Crippen LogP contribution is 2.25. The Morgan fingerprint density at radius 2 is 1.91 bits per heavy atom. The first-order valence-electron chi connectivity index (χ1n) is 6.90. The first kappa shape index (κ1) is 14.2. The predicted molar refractivity (Wildman–Crippen MR) is 78.5 cm³/mol. The highest BCUT2D eigenvalue weighted by atomic mass is 16.4. The highest BCUT2D eigenvalue weighted by Gasteiger charge is 2.26. The number of aryl methyl sites for hydroxylation is 2. The molecule has 22 heavy (non-hydrogen) atoms. The molecular weight excluding hydrogens is 282 g/mol. The molecule has 0 radical (unpaired) electrons. The third-order valence-electron chi connectivity index (χ3n) is 3.79. The van der Waals surface area contributed by atoms with Crippen LogP contribution in [-0.2, 0) is 13.1 Å². The van der Waals surface area contributed by atoms with Crippen LogP contribution >= 0.6 is 0 Å². The average Bonchev–Trinajstić information content (AvgIpc) is 2.89. The van der Waals surface area contributed by atoms with Crippen molar-refractivity contribution in [3.8, 4) is 0 Å². The monoisotopic (exact) mass is 297 g/mol. The SMILES string of the molecule is Cc1ncc(C(=O)N2Cc3ccc(C(=O)O)cc3C2)c(C)n1. The van der Waals surface area contributed by atoms with Crippen LogP contribution in [0.1, 0.15) is 43.4 Å². The number of carbonyl (C=O) groups excluding carboxylic acids is 1. The molecule has 0 unspecified atom stereocenters. The normalized spacial score (nSPS) is 13.1. The quantitative estimate of drug-likeness (QED) is 0.916. The zero-order valence-corrected chi connectivity index (χ0v) is 12.3. The molecule has 1 aromatic carbocycles. The van der Waals surface area contributed by atoms with Crippen molar-refractivity contribution in [2.24, 2.45) is 0 Å². The molecule has 0 bridgehead atoms. The number of aromatic nitrogens is 2. The lowest BCUT2D eigenvalue weighted by atomic mass is 10.1. The van der Waals surface area contributed by atoms with Gasteiger partial charge in [-0.3, -0.25) is 4.79 Å². The molecule has 6 nitrogen and oxygen atoms in total. The number of hydrogen-bond donors (Lipinski definition) is 1. The summed E-state index contributed by atoms with van der Waals surface area (Å²) in [7, 11) is 0. The van der Waals surface area contributed by atoms with Gasteiger partial charge in [-0.05, 0) is 37.1 Å². The van der Waals surface area contributed by atoms with Crippen LogP contribution in [0.3, 0.4) is 0 Å². The van der Waals surface area contributed by atoms with Crippen LogP contribution in [0.5, 0.6) is 0 Å². The Bertz CT molecular complexity index is 786. The molecule has 3 rings (SSSR count). The van der Waals surface area contributed by atoms with E-state index in [1.807, 2.05) is 0 Å². The number of carboxylic acid groups (broad SMARTS) is 1. The van der Waals surface area contributed by atoms with Crippen LogP contribution in [0.2, 0.25) is 0 Å². The summed E-state index contributed by atoms with van der Waals surface area (Å²) in [6, 6.07) is 4.96. The van der Waals surface area contributed by atoms with Crippen LogP contribution in [0, 0.1) is 13.8 Å². The molecule has 1 aliphatic heterocycles. The highest BCUT2D eigenvalue weighted by molar-refractivity contribution is 5.95. The number of nitrogens with zero attached hydrogens (tertiary/aromatic N) is 3. The summed E-state index contributed by atoms with van der Waals surface area (Å²) in [6.07, 6.45) is 1.55. The van der Waals surface area contributed by atoms with Crippen molar-refractivity contribution in [3.63, 3.8) is 0 Å². The number of amides is 1. The molecule has 0 saturated heterocycles. The van der Waals surface area contributed by atoms with Crippen LogP contribution in [0.15, 0.2) is 24.4 Å². The van der Waals surface area contributed by atoms with Gasteiger partial charge >= 0.3 is 5.97 Å². The minimum Gasteiger partial charge on any atom is -0.478 e. The average molecular weight is 297 g/mol. The van der Waals surface area contributed by atoms with Gasteiger partial charge in [0.1, 0.15) is 5.82 Å². The summed E-state index contributed by atoms with van der Waals surface area (Å²) >= 11 is 0. The summed E-state index contributed by atoms with van der Waals surface area (Å²) in [5, 5.41) is 9.03. The number of fused-ring (bicyclic) bond motifs is 1. The molecule has 1 N–H and O–H groups in total. The standard InChI is InChI=1S/C16H15N3O3/c1-9-14(6-17-10(2)18-9)15(20)19-7-12-4-3-11(16(21)22)5-13(12)8-19/h3-6H,7-8H2,1-2H3,(H,21,22). The molecular formula is C16H15N3O3. The molecule has 0 aliphatic carbocycles. The van der Waals surface area contributed by atoms with Crippen molar-refractivity contribution >= 4 is 11.9 Å². The van der Waals surface area contributed by atoms with Crippen LogP contribution in [-0.4, -0.2) is 31.9 Å². The van der Waals surface area contributed by atoms with Gasteiger partial charge in [0.05, 0.1) is 16.8 Å². The summed E-state index contributed by atoms with van der Waals surface area (Å²) in [4.78, 5) is 33.6. The van der Waals surface area contributed by atoms with E-state index >= 15 is 0 Å². The molecule has 112 valence electrons. The van der Waals surface area contributed by atoms with Gasteiger partial charge in [-0.25, -0.2) is 14.8 Å². The van der Waals surface area contributed by atoms with E-state index in [0.717, 1.165) is 11.1 Å². The smallest absolute Gasteiger partial charge is 0.335 e. The Kier molecular flexibility index (Phi) is 3.36.